The minimum absolute atomic E-state index is 1.15. The number of fused-ring (bicyclic) bond motifs is 14. The molecule has 2 aromatic heterocycles. The van der Waals surface area contributed by atoms with Crippen molar-refractivity contribution in [2.45, 2.75) is 0 Å². The molecule has 0 fully saturated rings. The van der Waals surface area contributed by atoms with Gasteiger partial charge in [-0.2, -0.15) is 0 Å². The summed E-state index contributed by atoms with van der Waals surface area (Å²) in [6.45, 7) is 0. The van der Waals surface area contributed by atoms with Crippen molar-refractivity contribution in [3.05, 3.63) is 206 Å². The van der Waals surface area contributed by atoms with Gasteiger partial charge in [0.15, 0.2) is 0 Å². The second-order valence-electron chi connectivity index (χ2n) is 15.7. The zero-order valence-corrected chi connectivity index (χ0v) is 31.5. The number of benzene rings is 11. The van der Waals surface area contributed by atoms with E-state index in [9.17, 15) is 0 Å². The van der Waals surface area contributed by atoms with Crippen LogP contribution < -0.4 is 0 Å². The highest BCUT2D eigenvalue weighted by Crippen LogP contribution is 2.43. The van der Waals surface area contributed by atoms with Crippen molar-refractivity contribution in [1.29, 1.82) is 0 Å². The molecule has 11 aromatic carbocycles. The zero-order valence-electron chi connectivity index (χ0n) is 31.5. The summed E-state index contributed by atoms with van der Waals surface area (Å²) in [5.41, 5.74) is 9.57. The molecular formula is C56H34N2. The van der Waals surface area contributed by atoms with Gasteiger partial charge in [-0.15, -0.1) is 0 Å². The van der Waals surface area contributed by atoms with E-state index >= 15 is 0 Å². The molecule has 0 radical (unpaired) electrons. The van der Waals surface area contributed by atoms with Gasteiger partial charge in [0.25, 0.3) is 0 Å². The quantitative estimate of drug-likeness (QED) is 0.160. The summed E-state index contributed by atoms with van der Waals surface area (Å²) in [4.78, 5) is 0. The van der Waals surface area contributed by atoms with E-state index in [1.54, 1.807) is 0 Å². The molecule has 0 atom stereocenters. The molecule has 58 heavy (non-hydrogen) atoms. The number of hydrogen-bond donors (Lipinski definition) is 0. The fourth-order valence-electron chi connectivity index (χ4n) is 10.0. The van der Waals surface area contributed by atoms with Crippen LogP contribution in [0.1, 0.15) is 0 Å². The maximum absolute atomic E-state index is 2.49. The summed E-state index contributed by atoms with van der Waals surface area (Å²) < 4.78 is 4.95. The Kier molecular flexibility index (Phi) is 6.47. The molecule has 2 heterocycles. The summed E-state index contributed by atoms with van der Waals surface area (Å²) in [7, 11) is 0. The fraction of sp³-hybridized carbons (Fsp3) is 0. The maximum Gasteiger partial charge on any atom is 0.0562 e. The Bertz CT molecular complexity index is 3840. The largest absolute Gasteiger partial charge is 0.309 e. The molecule has 0 amide bonds. The molecule has 13 rings (SSSR count). The average molecular weight is 735 g/mol. The predicted molar refractivity (Wildman–Crippen MR) is 248 cm³/mol. The van der Waals surface area contributed by atoms with E-state index in [0.717, 1.165) is 11.4 Å². The lowest BCUT2D eigenvalue weighted by atomic mass is 9.96. The Morgan fingerprint density at radius 2 is 0.793 bits per heavy atom. The number of aromatic nitrogens is 2. The first-order valence-corrected chi connectivity index (χ1v) is 20.1. The lowest BCUT2D eigenvalue weighted by molar-refractivity contribution is 1.17. The molecule has 2 nitrogen and oxygen atoms in total. The third kappa shape index (κ3) is 4.43. The predicted octanol–water partition coefficient (Wildman–Crippen LogP) is 15.3. The molecule has 2 heteroatoms. The summed E-state index contributed by atoms with van der Waals surface area (Å²) >= 11 is 0. The monoisotopic (exact) mass is 734 g/mol. The lowest BCUT2D eigenvalue weighted by Gasteiger charge is -2.13. The van der Waals surface area contributed by atoms with Crippen molar-refractivity contribution in [2.24, 2.45) is 0 Å². The van der Waals surface area contributed by atoms with Crippen molar-refractivity contribution in [1.82, 2.24) is 9.13 Å². The first-order chi connectivity index (χ1) is 28.8. The van der Waals surface area contributed by atoms with E-state index in [4.69, 9.17) is 0 Å². The van der Waals surface area contributed by atoms with E-state index in [0.29, 0.717) is 0 Å². The highest BCUT2D eigenvalue weighted by Gasteiger charge is 2.20. The van der Waals surface area contributed by atoms with Crippen LogP contribution in [0.4, 0.5) is 0 Å². The van der Waals surface area contributed by atoms with Gasteiger partial charge in [-0.3, -0.25) is 0 Å². The standard InChI is InChI=1S/C56H34N2/c1-4-14-43-35(10-1)13-9-18-44(43)38-24-27-41(28-25-38)57-51-19-8-7-17-48(51)49-33-50-54(34-53(49)57)58(52-31-26-37-12-3-6-16-46(37)56(50)52)42-29-30-47-40(32-42)23-22-39-21-20-36-11-2-5-15-45(36)55(39)47/h1-34H. The van der Waals surface area contributed by atoms with E-state index < -0.39 is 0 Å². The van der Waals surface area contributed by atoms with Gasteiger partial charge in [-0.1, -0.05) is 158 Å². The van der Waals surface area contributed by atoms with Crippen LogP contribution in [0.25, 0.3) is 120 Å². The third-order valence-corrected chi connectivity index (χ3v) is 12.6. The normalized spacial score (nSPS) is 12.1. The smallest absolute Gasteiger partial charge is 0.0562 e. The van der Waals surface area contributed by atoms with Crippen LogP contribution in [0.5, 0.6) is 0 Å². The van der Waals surface area contributed by atoms with Crippen molar-refractivity contribution in [2.75, 3.05) is 0 Å². The Hall–Kier alpha value is -7.68. The van der Waals surface area contributed by atoms with Gasteiger partial charge in [0, 0.05) is 32.9 Å². The Morgan fingerprint density at radius 3 is 1.59 bits per heavy atom. The fourth-order valence-corrected chi connectivity index (χ4v) is 10.0. The van der Waals surface area contributed by atoms with Crippen molar-refractivity contribution in [3.63, 3.8) is 0 Å². The van der Waals surface area contributed by atoms with Crippen LogP contribution in [0.2, 0.25) is 0 Å². The lowest BCUT2D eigenvalue weighted by Crippen LogP contribution is -1.96. The molecule has 13 aromatic rings. The minimum atomic E-state index is 1.15. The van der Waals surface area contributed by atoms with Crippen molar-refractivity contribution in [3.8, 4) is 22.5 Å². The molecular weight excluding hydrogens is 701 g/mol. The molecule has 268 valence electrons. The van der Waals surface area contributed by atoms with Crippen LogP contribution in [0, 0.1) is 0 Å². The van der Waals surface area contributed by atoms with E-state index in [2.05, 4.69) is 215 Å². The molecule has 0 aliphatic carbocycles. The topological polar surface area (TPSA) is 9.86 Å². The van der Waals surface area contributed by atoms with Crippen molar-refractivity contribution >= 4 is 97.5 Å². The van der Waals surface area contributed by atoms with Gasteiger partial charge in [0.05, 0.1) is 22.1 Å². The highest BCUT2D eigenvalue weighted by molar-refractivity contribution is 6.26. The highest BCUT2D eigenvalue weighted by atomic mass is 15.0. The molecule has 0 unspecified atom stereocenters. The van der Waals surface area contributed by atoms with E-state index in [-0.39, 0.29) is 0 Å². The SMILES string of the molecule is c1ccc2c(-c3ccc(-n4c5ccccc5c5cc6c7c8ccccc8ccc7n(-c7ccc8c(ccc9ccc%10ccccc%10c98)c7)c6cc54)cc3)cccc2c1. The Labute approximate surface area is 334 Å². The summed E-state index contributed by atoms with van der Waals surface area (Å²) in [5.74, 6) is 0. The first kappa shape index (κ1) is 31.5. The van der Waals surface area contributed by atoms with Crippen LogP contribution in [-0.4, -0.2) is 9.13 Å². The molecule has 0 saturated heterocycles. The number of para-hydroxylation sites is 1. The summed E-state index contributed by atoms with van der Waals surface area (Å²) in [5, 5.41) is 17.8. The Balaban J connectivity index is 1.09. The molecule has 0 saturated carbocycles. The zero-order chi connectivity index (χ0) is 37.9. The van der Waals surface area contributed by atoms with Gasteiger partial charge < -0.3 is 9.13 Å². The molecule has 0 aliphatic heterocycles. The number of nitrogens with zero attached hydrogens (tertiary/aromatic N) is 2. The number of rotatable bonds is 3. The van der Waals surface area contributed by atoms with E-state index in [1.165, 1.54) is 109 Å². The second-order valence-corrected chi connectivity index (χ2v) is 15.7. The van der Waals surface area contributed by atoms with Gasteiger partial charge in [-0.25, -0.2) is 0 Å². The molecule has 0 aliphatic rings. The Morgan fingerprint density at radius 1 is 0.241 bits per heavy atom. The maximum atomic E-state index is 2.49. The van der Waals surface area contributed by atoms with Gasteiger partial charge in [0.2, 0.25) is 0 Å². The van der Waals surface area contributed by atoms with Crippen LogP contribution in [0.15, 0.2) is 206 Å². The van der Waals surface area contributed by atoms with Crippen LogP contribution in [0.3, 0.4) is 0 Å². The summed E-state index contributed by atoms with van der Waals surface area (Å²) in [6, 6.07) is 76.4. The second kappa shape index (κ2) is 11.9. The van der Waals surface area contributed by atoms with Crippen LogP contribution >= 0.6 is 0 Å². The van der Waals surface area contributed by atoms with Crippen LogP contribution in [-0.2, 0) is 0 Å². The summed E-state index contributed by atoms with van der Waals surface area (Å²) in [6.07, 6.45) is 0. The molecule has 0 spiro atoms. The van der Waals surface area contributed by atoms with Gasteiger partial charge in [0.1, 0.15) is 0 Å². The molecule has 0 bridgehead atoms. The van der Waals surface area contributed by atoms with Crippen molar-refractivity contribution < 1.29 is 0 Å². The van der Waals surface area contributed by atoms with Gasteiger partial charge in [-0.05, 0) is 114 Å². The molecule has 0 N–H and O–H groups in total. The first-order valence-electron chi connectivity index (χ1n) is 20.1. The van der Waals surface area contributed by atoms with E-state index in [1.807, 2.05) is 0 Å². The van der Waals surface area contributed by atoms with Gasteiger partial charge >= 0.3 is 0 Å². The number of hydrogen-bond acceptors (Lipinski definition) is 0. The average Bonchev–Trinajstić information content (AvgIpc) is 3.79. The third-order valence-electron chi connectivity index (χ3n) is 12.6. The minimum Gasteiger partial charge on any atom is -0.309 e.